The van der Waals surface area contributed by atoms with Crippen LogP contribution in [0.2, 0.25) is 0 Å². The van der Waals surface area contributed by atoms with Crippen molar-refractivity contribution in [3.63, 3.8) is 0 Å². The van der Waals surface area contributed by atoms with Crippen LogP contribution in [0.25, 0.3) is 45.2 Å². The molecule has 0 unspecified atom stereocenters. The summed E-state index contributed by atoms with van der Waals surface area (Å²) in [6, 6.07) is 26.1. The van der Waals surface area contributed by atoms with Crippen molar-refractivity contribution in [1.82, 2.24) is 15.3 Å². The van der Waals surface area contributed by atoms with Crippen LogP contribution in [0.15, 0.2) is 87.9 Å². The molecule has 5 rings (SSSR count). The van der Waals surface area contributed by atoms with E-state index in [1.165, 1.54) is 0 Å². The van der Waals surface area contributed by atoms with Crippen LogP contribution in [-0.2, 0) is 0 Å². The van der Waals surface area contributed by atoms with Gasteiger partial charge in [-0.15, -0.1) is 0 Å². The van der Waals surface area contributed by atoms with Crippen LogP contribution in [0.4, 0.5) is 0 Å². The second-order valence-electron chi connectivity index (χ2n) is 7.18. The Morgan fingerprint density at radius 2 is 1.00 bits per heavy atom. The molecule has 2 aromatic carbocycles. The Kier molecular flexibility index (Phi) is 4.48. The topological polar surface area (TPSA) is 65.0 Å². The molecule has 0 saturated heterocycles. The van der Waals surface area contributed by atoms with Gasteiger partial charge in [0.05, 0.1) is 22.8 Å². The summed E-state index contributed by atoms with van der Waals surface area (Å²) in [6.45, 7) is 3.81. The Morgan fingerprint density at radius 1 is 0.567 bits per heavy atom. The van der Waals surface area contributed by atoms with Gasteiger partial charge in [0.25, 0.3) is 0 Å². The Labute approximate surface area is 174 Å². The molecule has 3 aromatic heterocycles. The van der Waals surface area contributed by atoms with Gasteiger partial charge in [0, 0.05) is 34.4 Å². The Balaban J connectivity index is 1.84. The van der Waals surface area contributed by atoms with Crippen molar-refractivity contribution in [2.75, 3.05) is 0 Å². The van der Waals surface area contributed by atoms with Gasteiger partial charge in [-0.05, 0) is 19.9 Å². The van der Waals surface area contributed by atoms with Gasteiger partial charge in [-0.25, -0.2) is 4.98 Å². The fourth-order valence-electron chi connectivity index (χ4n) is 3.50. The zero-order valence-corrected chi connectivity index (χ0v) is 16.7. The largest absolute Gasteiger partial charge is 0.356 e. The Bertz CT molecular complexity index is 1210. The molecule has 30 heavy (non-hydrogen) atoms. The molecule has 0 bridgehead atoms. The maximum absolute atomic E-state index is 5.62. The number of benzene rings is 2. The first-order valence-corrected chi connectivity index (χ1v) is 9.72. The number of hydrogen-bond acceptors (Lipinski definition) is 5. The second-order valence-corrected chi connectivity index (χ2v) is 7.18. The highest BCUT2D eigenvalue weighted by Crippen LogP contribution is 2.39. The third kappa shape index (κ3) is 3.31. The van der Waals surface area contributed by atoms with E-state index in [9.17, 15) is 0 Å². The van der Waals surface area contributed by atoms with Crippen molar-refractivity contribution in [1.29, 1.82) is 0 Å². The quantitative estimate of drug-likeness (QED) is 0.356. The molecule has 5 nitrogen and oxygen atoms in total. The number of aryl methyl sites for hydroxylation is 2. The van der Waals surface area contributed by atoms with Gasteiger partial charge in [-0.2, -0.15) is 0 Å². The standard InChI is InChI=1S/C25H19N3O2/c1-16-13-22(29-27-16)20-15-21(23-14-17(2)28-30-23)25(19-11-7-4-8-12-19)26-24(20)18-9-5-3-6-10-18/h3-15H,1-2H3. The smallest absolute Gasteiger partial charge is 0.169 e. The summed E-state index contributed by atoms with van der Waals surface area (Å²) in [5.74, 6) is 1.33. The fourth-order valence-corrected chi connectivity index (χ4v) is 3.50. The van der Waals surface area contributed by atoms with Crippen LogP contribution in [0.3, 0.4) is 0 Å². The molecule has 0 amide bonds. The molecule has 146 valence electrons. The van der Waals surface area contributed by atoms with Gasteiger partial charge in [0.15, 0.2) is 11.5 Å². The van der Waals surface area contributed by atoms with Gasteiger partial charge in [0.2, 0.25) is 0 Å². The van der Waals surface area contributed by atoms with Crippen molar-refractivity contribution in [2.24, 2.45) is 0 Å². The monoisotopic (exact) mass is 393 g/mol. The molecule has 0 aliphatic carbocycles. The van der Waals surface area contributed by atoms with Crippen molar-refractivity contribution in [3.8, 4) is 45.2 Å². The molecule has 0 saturated carbocycles. The van der Waals surface area contributed by atoms with E-state index in [0.29, 0.717) is 11.5 Å². The zero-order chi connectivity index (χ0) is 20.5. The molecule has 5 aromatic rings. The molecule has 0 aliphatic rings. The first kappa shape index (κ1) is 18.1. The minimum absolute atomic E-state index is 0.663. The minimum Gasteiger partial charge on any atom is -0.356 e. The maximum Gasteiger partial charge on any atom is 0.169 e. The first-order chi connectivity index (χ1) is 14.7. The van der Waals surface area contributed by atoms with Crippen LogP contribution in [0.5, 0.6) is 0 Å². The molecule has 0 aliphatic heterocycles. The lowest BCUT2D eigenvalue weighted by molar-refractivity contribution is 0.425. The van der Waals surface area contributed by atoms with Crippen molar-refractivity contribution >= 4 is 0 Å². The third-order valence-electron chi connectivity index (χ3n) is 4.90. The highest BCUT2D eigenvalue weighted by Gasteiger charge is 2.21. The number of aromatic nitrogens is 3. The predicted octanol–water partition coefficient (Wildman–Crippen LogP) is 6.34. The van der Waals surface area contributed by atoms with Crippen molar-refractivity contribution < 1.29 is 9.05 Å². The summed E-state index contributed by atoms with van der Waals surface area (Å²) in [4.78, 5) is 5.11. The summed E-state index contributed by atoms with van der Waals surface area (Å²) >= 11 is 0. The van der Waals surface area contributed by atoms with Gasteiger partial charge < -0.3 is 9.05 Å². The van der Waals surface area contributed by atoms with Crippen LogP contribution in [0.1, 0.15) is 11.4 Å². The molecular formula is C25H19N3O2. The highest BCUT2D eigenvalue weighted by molar-refractivity contribution is 5.88. The lowest BCUT2D eigenvalue weighted by Crippen LogP contribution is -1.96. The van der Waals surface area contributed by atoms with Gasteiger partial charge >= 0.3 is 0 Å². The molecule has 5 heteroatoms. The fraction of sp³-hybridized carbons (Fsp3) is 0.0800. The average molecular weight is 393 g/mol. The summed E-state index contributed by atoms with van der Waals surface area (Å²) in [6.07, 6.45) is 0. The molecule has 0 radical (unpaired) electrons. The van der Waals surface area contributed by atoms with E-state index in [1.807, 2.05) is 86.6 Å². The Morgan fingerprint density at radius 3 is 1.37 bits per heavy atom. The zero-order valence-electron chi connectivity index (χ0n) is 16.7. The lowest BCUT2D eigenvalue weighted by Gasteiger charge is -2.13. The number of pyridine rings is 1. The molecule has 0 atom stereocenters. The van der Waals surface area contributed by atoms with Gasteiger partial charge in [0.1, 0.15) is 0 Å². The van der Waals surface area contributed by atoms with Crippen LogP contribution >= 0.6 is 0 Å². The Hall–Kier alpha value is -3.99. The predicted molar refractivity (Wildman–Crippen MR) is 116 cm³/mol. The lowest BCUT2D eigenvalue weighted by atomic mass is 9.96. The summed E-state index contributed by atoms with van der Waals surface area (Å²) in [5, 5.41) is 8.15. The summed E-state index contributed by atoms with van der Waals surface area (Å²) in [5.41, 5.74) is 6.98. The van der Waals surface area contributed by atoms with E-state index in [0.717, 1.165) is 45.0 Å². The maximum atomic E-state index is 5.62. The van der Waals surface area contributed by atoms with Gasteiger partial charge in [-0.1, -0.05) is 71.0 Å². The minimum atomic E-state index is 0.663. The molecule has 0 N–H and O–H groups in total. The average Bonchev–Trinajstić information content (AvgIpc) is 3.42. The van der Waals surface area contributed by atoms with E-state index in [2.05, 4.69) is 16.4 Å². The van der Waals surface area contributed by atoms with E-state index < -0.39 is 0 Å². The van der Waals surface area contributed by atoms with Crippen LogP contribution in [0, 0.1) is 13.8 Å². The number of rotatable bonds is 4. The molecule has 0 spiro atoms. The van der Waals surface area contributed by atoms with Crippen LogP contribution in [-0.4, -0.2) is 15.3 Å². The van der Waals surface area contributed by atoms with Gasteiger partial charge in [-0.3, -0.25) is 0 Å². The summed E-state index contributed by atoms with van der Waals surface area (Å²) in [7, 11) is 0. The highest BCUT2D eigenvalue weighted by atomic mass is 16.5. The van der Waals surface area contributed by atoms with E-state index >= 15 is 0 Å². The van der Waals surface area contributed by atoms with E-state index in [-0.39, 0.29) is 0 Å². The third-order valence-corrected chi connectivity index (χ3v) is 4.90. The first-order valence-electron chi connectivity index (χ1n) is 9.72. The SMILES string of the molecule is Cc1cc(-c2cc(-c3cc(C)no3)c(-c3ccccc3)nc2-c2ccccc2)on1. The summed E-state index contributed by atoms with van der Waals surface area (Å²) < 4.78 is 11.2. The van der Waals surface area contributed by atoms with Crippen molar-refractivity contribution in [2.45, 2.75) is 13.8 Å². The number of hydrogen-bond donors (Lipinski definition) is 0. The molecular weight excluding hydrogens is 374 g/mol. The van der Waals surface area contributed by atoms with Crippen LogP contribution < -0.4 is 0 Å². The number of nitrogens with zero attached hydrogens (tertiary/aromatic N) is 3. The van der Waals surface area contributed by atoms with E-state index in [4.69, 9.17) is 14.0 Å². The normalized spacial score (nSPS) is 11.0. The molecule has 0 fully saturated rings. The van der Waals surface area contributed by atoms with E-state index in [1.54, 1.807) is 0 Å². The van der Waals surface area contributed by atoms with Crippen molar-refractivity contribution in [3.05, 3.63) is 90.3 Å². The second kappa shape index (κ2) is 7.44. The molecule has 3 heterocycles.